The maximum Gasteiger partial charge on any atom is 0.416 e. The Morgan fingerprint density at radius 3 is 2.34 bits per heavy atom. The molecule has 6 heteroatoms. The first kappa shape index (κ1) is 20.2. The van der Waals surface area contributed by atoms with Crippen LogP contribution in [0.15, 0.2) is 71.5 Å². The zero-order valence-corrected chi connectivity index (χ0v) is 17.2. The maximum atomic E-state index is 14.0. The van der Waals surface area contributed by atoms with Gasteiger partial charge in [-0.25, -0.2) is 0 Å². The Labute approximate surface area is 181 Å². The molecule has 0 atom stereocenters. The highest BCUT2D eigenvalue weighted by Gasteiger charge is 2.36. The Morgan fingerprint density at radius 2 is 1.66 bits per heavy atom. The Kier molecular flexibility index (Phi) is 4.55. The molecule has 0 unspecified atom stereocenters. The van der Waals surface area contributed by atoms with Crippen molar-refractivity contribution in [3.63, 3.8) is 0 Å². The molecule has 2 heterocycles. The van der Waals surface area contributed by atoms with Gasteiger partial charge in [0.05, 0.1) is 17.8 Å². The monoisotopic (exact) mass is 433 g/mol. The molecule has 32 heavy (non-hydrogen) atoms. The molecule has 0 radical (unpaired) electrons. The number of hydrogen-bond acceptors (Lipinski definition) is 2. The van der Waals surface area contributed by atoms with Crippen molar-refractivity contribution in [1.82, 2.24) is 4.57 Å². The molecule has 0 spiro atoms. The molecular formula is C26H18F3NO2. The Balaban J connectivity index is 2.05. The lowest BCUT2D eigenvalue weighted by molar-refractivity contribution is -0.138. The highest BCUT2D eigenvalue weighted by atomic mass is 19.4. The van der Waals surface area contributed by atoms with Gasteiger partial charge >= 0.3 is 6.18 Å². The van der Waals surface area contributed by atoms with Gasteiger partial charge in [0, 0.05) is 28.3 Å². The fourth-order valence-electron chi connectivity index (χ4n) is 4.69. The van der Waals surface area contributed by atoms with Crippen molar-refractivity contribution < 1.29 is 18.0 Å². The number of Topliss-reactive ketones (excluding diaryl/α,β-unsaturated/α-hetero) is 1. The molecule has 1 aliphatic rings. The SMILES string of the molecule is CC(=O)Cc1c(C(F)(F)F)ccc2c(=O)n3c(c(-c4ccccc4)c12)-c1ccccc1C3. The number of carbonyl (C=O) groups is 1. The fourth-order valence-corrected chi connectivity index (χ4v) is 4.69. The number of carbonyl (C=O) groups excluding carboxylic acids is 1. The third-order valence-corrected chi connectivity index (χ3v) is 5.94. The van der Waals surface area contributed by atoms with Crippen LogP contribution in [0, 0.1) is 0 Å². The van der Waals surface area contributed by atoms with Crippen LogP contribution >= 0.6 is 0 Å². The van der Waals surface area contributed by atoms with E-state index < -0.39 is 23.9 Å². The van der Waals surface area contributed by atoms with Gasteiger partial charge in [0.15, 0.2) is 0 Å². The molecule has 4 aromatic rings. The summed E-state index contributed by atoms with van der Waals surface area (Å²) < 4.78 is 43.6. The van der Waals surface area contributed by atoms with E-state index in [2.05, 4.69) is 0 Å². The second-order valence-corrected chi connectivity index (χ2v) is 8.03. The van der Waals surface area contributed by atoms with E-state index in [4.69, 9.17) is 0 Å². The van der Waals surface area contributed by atoms with Gasteiger partial charge in [-0.15, -0.1) is 0 Å². The van der Waals surface area contributed by atoms with Crippen molar-refractivity contribution in [2.24, 2.45) is 0 Å². The van der Waals surface area contributed by atoms with E-state index in [1.807, 2.05) is 54.6 Å². The number of fused-ring (bicyclic) bond motifs is 4. The minimum Gasteiger partial charge on any atom is -0.303 e. The largest absolute Gasteiger partial charge is 0.416 e. The minimum absolute atomic E-state index is 0.147. The van der Waals surface area contributed by atoms with Crippen LogP contribution < -0.4 is 5.56 Å². The zero-order valence-electron chi connectivity index (χ0n) is 17.2. The molecule has 3 aromatic carbocycles. The molecule has 160 valence electrons. The zero-order chi connectivity index (χ0) is 22.6. The number of rotatable bonds is 3. The number of halogens is 3. The third-order valence-electron chi connectivity index (χ3n) is 5.94. The summed E-state index contributed by atoms with van der Waals surface area (Å²) >= 11 is 0. The topological polar surface area (TPSA) is 39.1 Å². The van der Waals surface area contributed by atoms with Crippen molar-refractivity contribution in [3.8, 4) is 22.4 Å². The van der Waals surface area contributed by atoms with E-state index in [9.17, 15) is 22.8 Å². The van der Waals surface area contributed by atoms with Crippen LogP contribution in [0.25, 0.3) is 33.2 Å². The summed E-state index contributed by atoms with van der Waals surface area (Å²) in [6, 6.07) is 18.8. The predicted molar refractivity (Wildman–Crippen MR) is 118 cm³/mol. The number of alkyl halides is 3. The molecule has 0 amide bonds. The number of benzene rings is 3. The Hall–Kier alpha value is -3.67. The summed E-state index contributed by atoms with van der Waals surface area (Å²) in [5.74, 6) is -0.400. The number of hydrogen-bond donors (Lipinski definition) is 0. The number of pyridine rings is 1. The molecule has 0 bridgehead atoms. The average molecular weight is 433 g/mol. The molecule has 0 aliphatic carbocycles. The maximum absolute atomic E-state index is 14.0. The predicted octanol–water partition coefficient (Wildman–Crippen LogP) is 5.85. The molecule has 3 nitrogen and oxygen atoms in total. The van der Waals surface area contributed by atoms with Gasteiger partial charge in [0.1, 0.15) is 5.78 Å². The summed E-state index contributed by atoms with van der Waals surface area (Å²) in [5.41, 5.74) is 2.20. The van der Waals surface area contributed by atoms with E-state index in [0.29, 0.717) is 23.4 Å². The Bertz CT molecular complexity index is 1450. The van der Waals surface area contributed by atoms with Gasteiger partial charge in [-0.2, -0.15) is 13.2 Å². The van der Waals surface area contributed by atoms with Gasteiger partial charge in [-0.3, -0.25) is 9.59 Å². The molecule has 1 aliphatic heterocycles. The number of aromatic nitrogens is 1. The van der Waals surface area contributed by atoms with Gasteiger partial charge in [-0.05, 0) is 35.7 Å². The summed E-state index contributed by atoms with van der Waals surface area (Å²) in [4.78, 5) is 25.5. The summed E-state index contributed by atoms with van der Waals surface area (Å²) in [7, 11) is 0. The van der Waals surface area contributed by atoms with E-state index in [0.717, 1.165) is 17.2 Å². The van der Waals surface area contributed by atoms with Crippen LogP contribution in [0.3, 0.4) is 0 Å². The van der Waals surface area contributed by atoms with Crippen molar-refractivity contribution in [1.29, 1.82) is 0 Å². The third kappa shape index (κ3) is 3.06. The quantitative estimate of drug-likeness (QED) is 0.358. The van der Waals surface area contributed by atoms with Crippen LogP contribution in [0.5, 0.6) is 0 Å². The molecule has 0 N–H and O–H groups in total. The highest BCUT2D eigenvalue weighted by Crippen LogP contribution is 2.45. The van der Waals surface area contributed by atoms with Crippen LogP contribution in [-0.2, 0) is 23.9 Å². The first-order valence-corrected chi connectivity index (χ1v) is 10.2. The van der Waals surface area contributed by atoms with E-state index >= 15 is 0 Å². The second-order valence-electron chi connectivity index (χ2n) is 8.03. The van der Waals surface area contributed by atoms with Gasteiger partial charge in [0.25, 0.3) is 5.56 Å². The first-order valence-electron chi connectivity index (χ1n) is 10.2. The minimum atomic E-state index is -4.65. The molecule has 0 saturated carbocycles. The fraction of sp³-hybridized carbons (Fsp3) is 0.154. The van der Waals surface area contributed by atoms with Crippen molar-refractivity contribution in [2.75, 3.05) is 0 Å². The number of nitrogens with zero attached hydrogens (tertiary/aromatic N) is 1. The van der Waals surface area contributed by atoms with Gasteiger partial charge in [-0.1, -0.05) is 54.6 Å². The van der Waals surface area contributed by atoms with Crippen LogP contribution in [-0.4, -0.2) is 10.4 Å². The normalized spacial score (nSPS) is 12.6. The van der Waals surface area contributed by atoms with E-state index in [1.54, 1.807) is 4.57 Å². The summed E-state index contributed by atoms with van der Waals surface area (Å²) in [6.45, 7) is 1.61. The second kappa shape index (κ2) is 7.19. The first-order chi connectivity index (χ1) is 15.3. The molecular weight excluding hydrogens is 415 g/mol. The summed E-state index contributed by atoms with van der Waals surface area (Å²) in [6.07, 6.45) is -5.06. The standard InChI is InChI=1S/C26H18F3NO2/c1-15(31)13-20-21(26(27,28)29)12-11-19-23(20)22(16-7-3-2-4-8-16)24-18-10-6-5-9-17(18)14-30(24)25(19)32/h2-12H,13-14H2,1H3. The molecule has 1 aromatic heterocycles. The van der Waals surface area contributed by atoms with Gasteiger partial charge < -0.3 is 4.57 Å². The lowest BCUT2D eigenvalue weighted by atomic mass is 9.87. The van der Waals surface area contributed by atoms with Crippen molar-refractivity contribution in [3.05, 3.63) is 93.8 Å². The lowest BCUT2D eigenvalue weighted by Gasteiger charge is -2.20. The van der Waals surface area contributed by atoms with E-state index in [1.165, 1.54) is 13.0 Å². The lowest BCUT2D eigenvalue weighted by Crippen LogP contribution is -2.22. The smallest absolute Gasteiger partial charge is 0.303 e. The van der Waals surface area contributed by atoms with E-state index in [-0.39, 0.29) is 21.9 Å². The number of ketones is 1. The molecule has 0 fully saturated rings. The highest BCUT2D eigenvalue weighted by molar-refractivity contribution is 6.07. The van der Waals surface area contributed by atoms with Crippen molar-refractivity contribution >= 4 is 16.6 Å². The van der Waals surface area contributed by atoms with Crippen molar-refractivity contribution in [2.45, 2.75) is 26.1 Å². The summed E-state index contributed by atoms with van der Waals surface area (Å²) in [5, 5.41) is 0.388. The molecule has 0 saturated heterocycles. The van der Waals surface area contributed by atoms with Crippen LogP contribution in [0.1, 0.15) is 23.6 Å². The van der Waals surface area contributed by atoms with Gasteiger partial charge in [0.2, 0.25) is 0 Å². The molecule has 5 rings (SSSR count). The average Bonchev–Trinajstić information content (AvgIpc) is 3.14. The Morgan fingerprint density at radius 1 is 0.969 bits per heavy atom. The van der Waals surface area contributed by atoms with Crippen LogP contribution in [0.4, 0.5) is 13.2 Å². The van der Waals surface area contributed by atoms with Crippen LogP contribution in [0.2, 0.25) is 0 Å².